The fourth-order valence-electron chi connectivity index (χ4n) is 3.41. The summed E-state index contributed by atoms with van der Waals surface area (Å²) in [4.78, 5) is 14.7. The van der Waals surface area contributed by atoms with E-state index in [4.69, 9.17) is 11.6 Å². The van der Waals surface area contributed by atoms with Crippen molar-refractivity contribution in [1.82, 2.24) is 10.2 Å². The number of hydrogen-bond acceptors (Lipinski definition) is 3. The van der Waals surface area contributed by atoms with Gasteiger partial charge in [-0.05, 0) is 68.1 Å². The second-order valence-electron chi connectivity index (χ2n) is 7.14. The molecule has 1 aliphatic rings. The first-order chi connectivity index (χ1) is 13.1. The van der Waals surface area contributed by atoms with Crippen molar-refractivity contribution < 1.29 is 9.90 Å². The number of benzene rings is 2. The molecule has 0 bridgehead atoms. The van der Waals surface area contributed by atoms with Gasteiger partial charge in [0, 0.05) is 18.7 Å². The number of phenolic OH excluding ortho intramolecular Hbond substituents is 1. The molecule has 1 heterocycles. The Morgan fingerprint density at radius 2 is 1.67 bits per heavy atom. The van der Waals surface area contributed by atoms with E-state index >= 15 is 0 Å². The molecule has 0 aromatic heterocycles. The van der Waals surface area contributed by atoms with Gasteiger partial charge < -0.3 is 15.3 Å². The Balaban J connectivity index is 1.41. The standard InChI is InChI=1S/C22H27ClN2O2/c23-20-16-19(8-9-21(20)26)22(27)24-12-10-17-4-6-18(7-5-17)11-15-25-13-2-1-3-14-25/h4-9,16,26H,1-3,10-15H2,(H,24,27). The van der Waals surface area contributed by atoms with Crippen LogP contribution < -0.4 is 5.32 Å². The lowest BCUT2D eigenvalue weighted by molar-refractivity contribution is 0.0954. The van der Waals surface area contributed by atoms with Crippen LogP contribution in [0.2, 0.25) is 5.02 Å². The van der Waals surface area contributed by atoms with Crippen LogP contribution in [-0.4, -0.2) is 42.1 Å². The summed E-state index contributed by atoms with van der Waals surface area (Å²) in [5, 5.41) is 12.5. The highest BCUT2D eigenvalue weighted by Gasteiger charge is 2.10. The quantitative estimate of drug-likeness (QED) is 0.754. The SMILES string of the molecule is O=C(NCCc1ccc(CCN2CCCCC2)cc1)c1ccc(O)c(Cl)c1. The molecule has 27 heavy (non-hydrogen) atoms. The number of phenols is 1. The Morgan fingerprint density at radius 1 is 1.00 bits per heavy atom. The second-order valence-corrected chi connectivity index (χ2v) is 7.55. The fraction of sp³-hybridized carbons (Fsp3) is 0.409. The van der Waals surface area contributed by atoms with Crippen LogP contribution in [0, 0.1) is 0 Å². The van der Waals surface area contributed by atoms with Crippen molar-refractivity contribution in [3.05, 3.63) is 64.2 Å². The Bertz CT molecular complexity index is 755. The summed E-state index contributed by atoms with van der Waals surface area (Å²) in [7, 11) is 0. The Hall–Kier alpha value is -2.04. The summed E-state index contributed by atoms with van der Waals surface area (Å²) in [6.45, 7) is 4.18. The van der Waals surface area contributed by atoms with Gasteiger partial charge in [-0.25, -0.2) is 0 Å². The molecule has 1 amide bonds. The number of amides is 1. The minimum absolute atomic E-state index is 0.0198. The molecule has 0 saturated carbocycles. The molecular formula is C22H27ClN2O2. The summed E-state index contributed by atoms with van der Waals surface area (Å²) in [5.74, 6) is -0.205. The number of carbonyl (C=O) groups excluding carboxylic acids is 1. The van der Waals surface area contributed by atoms with Gasteiger partial charge >= 0.3 is 0 Å². The van der Waals surface area contributed by atoms with Gasteiger partial charge in [-0.2, -0.15) is 0 Å². The van der Waals surface area contributed by atoms with Crippen molar-refractivity contribution in [3.8, 4) is 5.75 Å². The highest BCUT2D eigenvalue weighted by molar-refractivity contribution is 6.32. The lowest BCUT2D eigenvalue weighted by Crippen LogP contribution is -2.31. The lowest BCUT2D eigenvalue weighted by Gasteiger charge is -2.26. The number of likely N-dealkylation sites (tertiary alicyclic amines) is 1. The van der Waals surface area contributed by atoms with Crippen LogP contribution in [0.15, 0.2) is 42.5 Å². The summed E-state index contributed by atoms with van der Waals surface area (Å²) < 4.78 is 0. The fourth-order valence-corrected chi connectivity index (χ4v) is 3.59. The van der Waals surface area contributed by atoms with Gasteiger partial charge in [0.1, 0.15) is 5.75 Å². The van der Waals surface area contributed by atoms with Crippen LogP contribution >= 0.6 is 11.6 Å². The van der Waals surface area contributed by atoms with Crippen LogP contribution in [-0.2, 0) is 12.8 Å². The molecular weight excluding hydrogens is 360 g/mol. The molecule has 4 nitrogen and oxygen atoms in total. The smallest absolute Gasteiger partial charge is 0.251 e. The third-order valence-electron chi connectivity index (χ3n) is 5.10. The zero-order chi connectivity index (χ0) is 19.1. The third-order valence-corrected chi connectivity index (χ3v) is 5.40. The van der Waals surface area contributed by atoms with Crippen molar-refractivity contribution in [3.63, 3.8) is 0 Å². The molecule has 1 saturated heterocycles. The summed E-state index contributed by atoms with van der Waals surface area (Å²) in [5.41, 5.74) is 3.03. The number of nitrogens with one attached hydrogen (secondary N) is 1. The van der Waals surface area contributed by atoms with Crippen molar-refractivity contribution in [2.24, 2.45) is 0 Å². The average molecular weight is 387 g/mol. The van der Waals surface area contributed by atoms with E-state index in [0.29, 0.717) is 12.1 Å². The maximum atomic E-state index is 12.1. The van der Waals surface area contributed by atoms with Gasteiger partial charge in [-0.1, -0.05) is 42.3 Å². The topological polar surface area (TPSA) is 52.6 Å². The number of aromatic hydroxyl groups is 1. The van der Waals surface area contributed by atoms with Crippen LogP contribution in [0.4, 0.5) is 0 Å². The molecule has 2 aromatic carbocycles. The lowest BCUT2D eigenvalue weighted by atomic mass is 10.1. The minimum Gasteiger partial charge on any atom is -0.506 e. The largest absolute Gasteiger partial charge is 0.506 e. The van der Waals surface area contributed by atoms with Crippen molar-refractivity contribution in [2.45, 2.75) is 32.1 Å². The number of carbonyl (C=O) groups is 1. The van der Waals surface area contributed by atoms with Crippen LogP contribution in [0.3, 0.4) is 0 Å². The molecule has 3 rings (SSSR count). The Kier molecular flexibility index (Phi) is 7.13. The molecule has 1 fully saturated rings. The summed E-state index contributed by atoms with van der Waals surface area (Å²) in [6.07, 6.45) is 5.92. The number of hydrogen-bond donors (Lipinski definition) is 2. The zero-order valence-electron chi connectivity index (χ0n) is 15.6. The molecule has 2 N–H and O–H groups in total. The van der Waals surface area contributed by atoms with Gasteiger partial charge in [0.15, 0.2) is 0 Å². The molecule has 5 heteroatoms. The van der Waals surface area contributed by atoms with E-state index in [2.05, 4.69) is 34.5 Å². The van der Waals surface area contributed by atoms with E-state index in [1.165, 1.54) is 55.6 Å². The number of halogens is 1. The Labute approximate surface area is 166 Å². The van der Waals surface area contributed by atoms with Crippen molar-refractivity contribution >= 4 is 17.5 Å². The van der Waals surface area contributed by atoms with E-state index in [1.807, 2.05) is 0 Å². The predicted octanol–water partition coefficient (Wildman–Crippen LogP) is 4.05. The number of rotatable bonds is 7. The van der Waals surface area contributed by atoms with E-state index in [1.54, 1.807) is 6.07 Å². The highest BCUT2D eigenvalue weighted by atomic mass is 35.5. The van der Waals surface area contributed by atoms with Crippen LogP contribution in [0.1, 0.15) is 40.7 Å². The van der Waals surface area contributed by atoms with E-state index < -0.39 is 0 Å². The van der Waals surface area contributed by atoms with Gasteiger partial charge in [-0.3, -0.25) is 4.79 Å². The van der Waals surface area contributed by atoms with E-state index in [9.17, 15) is 9.90 Å². The molecule has 0 spiro atoms. The number of nitrogens with zero attached hydrogens (tertiary/aromatic N) is 1. The zero-order valence-corrected chi connectivity index (χ0v) is 16.3. The summed E-state index contributed by atoms with van der Waals surface area (Å²) >= 11 is 5.84. The normalized spacial score (nSPS) is 14.9. The molecule has 0 radical (unpaired) electrons. The van der Waals surface area contributed by atoms with Gasteiger partial charge in [0.25, 0.3) is 5.91 Å². The van der Waals surface area contributed by atoms with Crippen molar-refractivity contribution in [1.29, 1.82) is 0 Å². The average Bonchev–Trinajstić information content (AvgIpc) is 2.70. The van der Waals surface area contributed by atoms with E-state index in [-0.39, 0.29) is 16.7 Å². The van der Waals surface area contributed by atoms with Gasteiger partial charge in [0.05, 0.1) is 5.02 Å². The van der Waals surface area contributed by atoms with Crippen LogP contribution in [0.5, 0.6) is 5.75 Å². The Morgan fingerprint density at radius 3 is 2.33 bits per heavy atom. The second kappa shape index (κ2) is 9.77. The first-order valence-corrected chi connectivity index (χ1v) is 10.1. The predicted molar refractivity (Wildman–Crippen MR) is 110 cm³/mol. The highest BCUT2D eigenvalue weighted by Crippen LogP contribution is 2.23. The molecule has 144 valence electrons. The van der Waals surface area contributed by atoms with Gasteiger partial charge in [-0.15, -0.1) is 0 Å². The maximum Gasteiger partial charge on any atom is 0.251 e. The molecule has 0 aliphatic carbocycles. The number of piperidine rings is 1. The monoisotopic (exact) mass is 386 g/mol. The molecule has 2 aromatic rings. The first kappa shape index (κ1) is 19.7. The first-order valence-electron chi connectivity index (χ1n) is 9.69. The third kappa shape index (κ3) is 5.98. The van der Waals surface area contributed by atoms with Crippen LogP contribution in [0.25, 0.3) is 0 Å². The maximum absolute atomic E-state index is 12.1. The minimum atomic E-state index is -0.185. The summed E-state index contributed by atoms with van der Waals surface area (Å²) in [6, 6.07) is 13.2. The molecule has 0 unspecified atom stereocenters. The molecule has 1 aliphatic heterocycles. The van der Waals surface area contributed by atoms with Crippen molar-refractivity contribution in [2.75, 3.05) is 26.2 Å². The van der Waals surface area contributed by atoms with Gasteiger partial charge in [0.2, 0.25) is 0 Å². The van der Waals surface area contributed by atoms with E-state index in [0.717, 1.165) is 19.4 Å². The molecule has 0 atom stereocenters.